The van der Waals surface area contributed by atoms with Crippen LogP contribution in [-0.4, -0.2) is 41.6 Å². The maximum atomic E-state index is 13.1. The predicted octanol–water partition coefficient (Wildman–Crippen LogP) is 7.53. The maximum absolute atomic E-state index is 13.1. The maximum Gasteiger partial charge on any atom is 0.343 e. The third kappa shape index (κ3) is 8.99. The van der Waals surface area contributed by atoms with E-state index in [1.165, 1.54) is 60.7 Å². The molecule has 0 saturated heterocycles. The minimum atomic E-state index is -0.667. The van der Waals surface area contributed by atoms with Crippen LogP contribution in [0.25, 0.3) is 10.2 Å². The highest BCUT2D eigenvalue weighted by molar-refractivity contribution is 7.18. The molecule has 5 rings (SSSR count). The van der Waals surface area contributed by atoms with E-state index in [0.717, 1.165) is 33.8 Å². The minimum absolute atomic E-state index is 0.0584. The van der Waals surface area contributed by atoms with E-state index in [1.54, 1.807) is 23.6 Å². The smallest absolute Gasteiger partial charge is 0.343 e. The van der Waals surface area contributed by atoms with Crippen LogP contribution in [-0.2, 0) is 9.59 Å². The van der Waals surface area contributed by atoms with Gasteiger partial charge in [-0.15, -0.1) is 11.3 Å². The first-order valence-corrected chi connectivity index (χ1v) is 15.9. The Labute approximate surface area is 286 Å². The first kappa shape index (κ1) is 34.1. The van der Waals surface area contributed by atoms with E-state index in [1.807, 2.05) is 24.3 Å². The van der Waals surface area contributed by atoms with Gasteiger partial charge >= 0.3 is 23.9 Å². The molecule has 0 aliphatic rings. The number of rotatable bonds is 13. The number of benzene rings is 4. The van der Waals surface area contributed by atoms with E-state index in [9.17, 15) is 19.2 Å². The second-order valence-electron chi connectivity index (χ2n) is 10.4. The summed E-state index contributed by atoms with van der Waals surface area (Å²) in [6, 6.07) is 24.2. The number of fused-ring (bicyclic) bond motifs is 1. The van der Waals surface area contributed by atoms with Crippen LogP contribution in [0.3, 0.4) is 0 Å². The number of aliphatic imine (C=N–C) groups is 1. The minimum Gasteiger partial charge on any atom is -0.423 e. The third-order valence-electron chi connectivity index (χ3n) is 7.05. The van der Waals surface area contributed by atoms with Gasteiger partial charge in [-0.1, -0.05) is 32.2 Å². The number of para-hydroxylation sites is 1. The van der Waals surface area contributed by atoms with E-state index in [0.29, 0.717) is 12.1 Å². The fourth-order valence-electron chi connectivity index (χ4n) is 4.47. The van der Waals surface area contributed by atoms with Gasteiger partial charge in [0.15, 0.2) is 0 Å². The Morgan fingerprint density at radius 1 is 0.755 bits per heavy atom. The van der Waals surface area contributed by atoms with E-state index < -0.39 is 23.9 Å². The van der Waals surface area contributed by atoms with Crippen molar-refractivity contribution in [1.82, 2.24) is 4.98 Å². The molecule has 0 aliphatic carbocycles. The van der Waals surface area contributed by atoms with Gasteiger partial charge in [0.2, 0.25) is 0 Å². The van der Waals surface area contributed by atoms with Crippen molar-refractivity contribution in [2.45, 2.75) is 19.3 Å². The second-order valence-corrected chi connectivity index (χ2v) is 11.5. The summed E-state index contributed by atoms with van der Waals surface area (Å²) in [5.74, 6) is -1.67. The molecule has 0 spiro atoms. The number of esters is 4. The molecule has 10 nitrogen and oxygen atoms in total. The molecule has 0 aliphatic heterocycles. The Balaban J connectivity index is 1.36. The highest BCUT2D eigenvalue weighted by Crippen LogP contribution is 2.30. The Hall–Kier alpha value is -6.20. The molecule has 0 amide bonds. The summed E-state index contributed by atoms with van der Waals surface area (Å²) in [7, 11) is 0. The molecule has 0 N–H and O–H groups in total. The fraction of sp³-hybridized carbons (Fsp3) is 0.105. The van der Waals surface area contributed by atoms with Crippen molar-refractivity contribution in [2.24, 2.45) is 4.99 Å². The normalized spacial score (nSPS) is 11.4. The zero-order chi connectivity index (χ0) is 34.8. The third-order valence-corrected chi connectivity index (χ3v) is 8.25. The van der Waals surface area contributed by atoms with Crippen LogP contribution in [0.1, 0.15) is 50.5 Å². The van der Waals surface area contributed by atoms with Crippen molar-refractivity contribution in [3.05, 3.63) is 138 Å². The summed E-state index contributed by atoms with van der Waals surface area (Å²) in [5.41, 5.74) is 1.75. The van der Waals surface area contributed by atoms with Crippen LogP contribution in [0.2, 0.25) is 0 Å². The van der Waals surface area contributed by atoms with Gasteiger partial charge in [0.05, 0.1) is 26.4 Å². The lowest BCUT2D eigenvalue weighted by molar-refractivity contribution is -0.129. The van der Waals surface area contributed by atoms with Gasteiger partial charge in [0, 0.05) is 36.4 Å². The van der Waals surface area contributed by atoms with Crippen LogP contribution in [0, 0.1) is 0 Å². The van der Waals surface area contributed by atoms with Crippen LogP contribution in [0.4, 0.5) is 0 Å². The summed E-state index contributed by atoms with van der Waals surface area (Å²) >= 11 is 1.63. The zero-order valence-corrected chi connectivity index (χ0v) is 27.2. The average molecular weight is 675 g/mol. The largest absolute Gasteiger partial charge is 0.423 e. The summed E-state index contributed by atoms with van der Waals surface area (Å²) in [6.45, 7) is 9.20. The SMILES string of the molecule is C=CC(=O)Oc1ccc(C(=O)Oc2ccc(OC(=O)c3ccc(OC(=O)C=C)cc3)c(/C=N/CC(CC)c3nc4ccccc4s3)c2)cc1. The summed E-state index contributed by atoms with van der Waals surface area (Å²) in [5, 5.41) is 0.975. The van der Waals surface area contributed by atoms with Gasteiger partial charge in [-0.25, -0.2) is 24.2 Å². The Morgan fingerprint density at radius 2 is 1.33 bits per heavy atom. The average Bonchev–Trinajstić information content (AvgIpc) is 3.55. The zero-order valence-electron chi connectivity index (χ0n) is 26.4. The highest BCUT2D eigenvalue weighted by atomic mass is 32.1. The molecule has 1 unspecified atom stereocenters. The molecule has 5 aromatic rings. The van der Waals surface area contributed by atoms with Gasteiger partial charge in [0.25, 0.3) is 0 Å². The molecule has 4 aromatic carbocycles. The standard InChI is InChI=1S/C38H30N2O8S/c1-4-24(36-40-31-9-7-8-10-33(31)49-36)22-39-23-27-21-30(47-37(43)25-11-15-28(16-12-25)45-34(41)5-2)19-20-32(27)48-38(44)26-13-17-29(18-14-26)46-35(42)6-3/h5-21,23-24H,2-4,22H2,1H3/b39-23+. The van der Waals surface area contributed by atoms with Crippen molar-refractivity contribution >= 4 is 51.6 Å². The van der Waals surface area contributed by atoms with Crippen molar-refractivity contribution in [3.8, 4) is 23.0 Å². The predicted molar refractivity (Wildman–Crippen MR) is 186 cm³/mol. The van der Waals surface area contributed by atoms with Gasteiger partial charge in [-0.2, -0.15) is 0 Å². The van der Waals surface area contributed by atoms with Gasteiger partial charge in [0.1, 0.15) is 23.0 Å². The molecule has 49 heavy (non-hydrogen) atoms. The van der Waals surface area contributed by atoms with E-state index in [-0.39, 0.29) is 40.0 Å². The molecule has 1 aromatic heterocycles. The van der Waals surface area contributed by atoms with Crippen molar-refractivity contribution in [1.29, 1.82) is 0 Å². The van der Waals surface area contributed by atoms with Crippen LogP contribution < -0.4 is 18.9 Å². The molecule has 246 valence electrons. The summed E-state index contributed by atoms with van der Waals surface area (Å²) < 4.78 is 22.6. The molecule has 1 heterocycles. The monoisotopic (exact) mass is 674 g/mol. The number of thiazole rings is 1. The molecule has 0 radical (unpaired) electrons. The van der Waals surface area contributed by atoms with Crippen LogP contribution >= 0.6 is 11.3 Å². The van der Waals surface area contributed by atoms with Crippen molar-refractivity contribution in [3.63, 3.8) is 0 Å². The molecule has 0 bridgehead atoms. The molecule has 1 atom stereocenters. The van der Waals surface area contributed by atoms with Crippen molar-refractivity contribution < 1.29 is 38.1 Å². The highest BCUT2D eigenvalue weighted by Gasteiger charge is 2.17. The van der Waals surface area contributed by atoms with E-state index in [2.05, 4.69) is 25.1 Å². The quantitative estimate of drug-likeness (QED) is 0.0538. The van der Waals surface area contributed by atoms with Gasteiger partial charge in [-0.3, -0.25) is 4.99 Å². The lowest BCUT2D eigenvalue weighted by atomic mass is 10.1. The second kappa shape index (κ2) is 16.1. The van der Waals surface area contributed by atoms with E-state index in [4.69, 9.17) is 23.9 Å². The molecule has 0 fully saturated rings. The number of ether oxygens (including phenoxy) is 4. The summed E-state index contributed by atoms with van der Waals surface area (Å²) in [4.78, 5) is 58.4. The van der Waals surface area contributed by atoms with Crippen LogP contribution in [0.5, 0.6) is 23.0 Å². The van der Waals surface area contributed by atoms with Crippen molar-refractivity contribution in [2.75, 3.05) is 6.54 Å². The first-order chi connectivity index (χ1) is 23.8. The van der Waals surface area contributed by atoms with Crippen LogP contribution in [0.15, 0.2) is 121 Å². The Bertz CT molecular complexity index is 2020. The number of nitrogens with zero attached hydrogens (tertiary/aromatic N) is 2. The van der Waals surface area contributed by atoms with Gasteiger partial charge < -0.3 is 18.9 Å². The first-order valence-electron chi connectivity index (χ1n) is 15.1. The van der Waals surface area contributed by atoms with Gasteiger partial charge in [-0.05, 0) is 85.3 Å². The molecule has 11 heteroatoms. The number of carbonyl (C=O) groups excluding carboxylic acids is 4. The Morgan fingerprint density at radius 3 is 1.90 bits per heavy atom. The molecule has 0 saturated carbocycles. The topological polar surface area (TPSA) is 130 Å². The molecular formula is C38H30N2O8S. The van der Waals surface area contributed by atoms with E-state index >= 15 is 0 Å². The lowest BCUT2D eigenvalue weighted by Gasteiger charge is -2.12. The number of carbonyl (C=O) groups is 4. The number of hydrogen-bond donors (Lipinski definition) is 0. The lowest BCUT2D eigenvalue weighted by Crippen LogP contribution is -2.12. The summed E-state index contributed by atoms with van der Waals surface area (Å²) in [6.07, 6.45) is 4.44. The fourth-order valence-corrected chi connectivity index (χ4v) is 5.61. The number of hydrogen-bond acceptors (Lipinski definition) is 11. The number of aromatic nitrogens is 1. The Kier molecular flexibility index (Phi) is 11.2. The molecular weight excluding hydrogens is 644 g/mol.